The number of nitrogens with one attached hydrogen (secondary N) is 2. The van der Waals surface area contributed by atoms with E-state index in [-0.39, 0.29) is 11.9 Å². The highest BCUT2D eigenvalue weighted by atomic mass is 16.3. The molecule has 0 fully saturated rings. The van der Waals surface area contributed by atoms with Gasteiger partial charge < -0.3 is 15.5 Å². The van der Waals surface area contributed by atoms with Crippen LogP contribution in [0.1, 0.15) is 63.9 Å². The maximum absolute atomic E-state index is 11.8. The second-order valence-electron chi connectivity index (χ2n) is 6.11. The molecule has 0 saturated heterocycles. The van der Waals surface area contributed by atoms with Gasteiger partial charge in [0.1, 0.15) is 11.5 Å². The maximum Gasteiger partial charge on any atom is 0.155 e. The van der Waals surface area contributed by atoms with Gasteiger partial charge in [-0.1, -0.05) is 32.6 Å². The van der Waals surface area contributed by atoms with Crippen molar-refractivity contribution in [1.82, 2.24) is 10.6 Å². The summed E-state index contributed by atoms with van der Waals surface area (Å²) in [7, 11) is 0. The van der Waals surface area contributed by atoms with E-state index in [4.69, 9.17) is 10.2 Å². The number of rotatable bonds is 14. The Morgan fingerprint density at radius 3 is 2.79 bits per heavy atom. The van der Waals surface area contributed by atoms with Crippen LogP contribution in [0.5, 0.6) is 0 Å². The van der Waals surface area contributed by atoms with Crippen LogP contribution in [0.4, 0.5) is 0 Å². The minimum Gasteiger partial charge on any atom is -0.460 e. The molecule has 0 spiro atoms. The van der Waals surface area contributed by atoms with Crippen LogP contribution in [0.2, 0.25) is 0 Å². The predicted molar refractivity (Wildman–Crippen MR) is 99.5 cm³/mol. The molecule has 1 aromatic heterocycles. The molecule has 5 heteroatoms. The fraction of sp³-hybridized carbons (Fsp3) is 0.632. The van der Waals surface area contributed by atoms with E-state index in [2.05, 4.69) is 17.6 Å². The minimum absolute atomic E-state index is 0.169. The molecule has 1 aromatic rings. The van der Waals surface area contributed by atoms with Crippen LogP contribution in [0, 0.1) is 0 Å². The van der Waals surface area contributed by atoms with Crippen LogP contribution in [0.3, 0.4) is 0 Å². The average molecular weight is 335 g/mol. The number of furan rings is 1. The van der Waals surface area contributed by atoms with Crippen LogP contribution < -0.4 is 16.4 Å². The van der Waals surface area contributed by atoms with Crippen LogP contribution >= 0.6 is 0 Å². The summed E-state index contributed by atoms with van der Waals surface area (Å²) in [6, 6.07) is 3.82. The average Bonchev–Trinajstić information content (AvgIpc) is 3.04. The zero-order chi connectivity index (χ0) is 17.6. The Kier molecular flexibility index (Phi) is 11.1. The molecule has 0 radical (unpaired) electrons. The van der Waals surface area contributed by atoms with Crippen molar-refractivity contribution in [3.05, 3.63) is 29.7 Å². The summed E-state index contributed by atoms with van der Waals surface area (Å²) in [6.45, 7) is 6.27. The molecule has 1 unspecified atom stereocenters. The van der Waals surface area contributed by atoms with Gasteiger partial charge in [-0.25, -0.2) is 0 Å². The lowest BCUT2D eigenvalue weighted by Gasteiger charge is -2.13. The van der Waals surface area contributed by atoms with Gasteiger partial charge in [-0.2, -0.15) is 0 Å². The molecule has 0 saturated carbocycles. The number of allylic oxidation sites excluding steroid dienone is 1. The van der Waals surface area contributed by atoms with E-state index < -0.39 is 0 Å². The molecular formula is C19H33N3O2. The van der Waals surface area contributed by atoms with Crippen molar-refractivity contribution in [1.29, 1.82) is 0 Å². The predicted octanol–water partition coefficient (Wildman–Crippen LogP) is 3.21. The third-order valence-electron chi connectivity index (χ3n) is 3.82. The number of unbranched alkanes of at least 4 members (excludes halogenated alkanes) is 4. The molecule has 5 nitrogen and oxygen atoms in total. The molecule has 0 aliphatic heterocycles. The van der Waals surface area contributed by atoms with E-state index in [1.807, 2.05) is 19.1 Å². The van der Waals surface area contributed by atoms with Gasteiger partial charge in [0.05, 0.1) is 12.7 Å². The Morgan fingerprint density at radius 1 is 1.25 bits per heavy atom. The monoisotopic (exact) mass is 335 g/mol. The highest BCUT2D eigenvalue weighted by molar-refractivity contribution is 5.93. The SMILES string of the molecule is CCCCCCCC(=O)/C=C/c1ccc(CNC(C)NCCN)o1. The lowest BCUT2D eigenvalue weighted by Crippen LogP contribution is -2.41. The standard InChI is InChI=1S/C19H33N3O2/c1-3-4-5-6-7-8-17(23)9-10-18-11-12-19(24-18)15-22-16(2)21-14-13-20/h9-12,16,21-22H,3-8,13-15,20H2,1-2H3/b10-9+. The summed E-state index contributed by atoms with van der Waals surface area (Å²) < 4.78 is 5.69. The van der Waals surface area contributed by atoms with E-state index in [9.17, 15) is 4.79 Å². The van der Waals surface area contributed by atoms with Gasteiger partial charge in [0, 0.05) is 19.5 Å². The summed E-state index contributed by atoms with van der Waals surface area (Å²) in [4.78, 5) is 11.8. The van der Waals surface area contributed by atoms with Crippen LogP contribution in [0.15, 0.2) is 22.6 Å². The second kappa shape index (κ2) is 12.9. The van der Waals surface area contributed by atoms with Crippen molar-refractivity contribution in [3.63, 3.8) is 0 Å². The number of hydrogen-bond acceptors (Lipinski definition) is 5. The normalized spacial score (nSPS) is 12.8. The first-order chi connectivity index (χ1) is 11.7. The van der Waals surface area contributed by atoms with Crippen LogP contribution in [-0.4, -0.2) is 25.0 Å². The maximum atomic E-state index is 11.8. The minimum atomic E-state index is 0.169. The Morgan fingerprint density at radius 2 is 2.04 bits per heavy atom. The highest BCUT2D eigenvalue weighted by Gasteiger charge is 2.04. The van der Waals surface area contributed by atoms with Crippen molar-refractivity contribution in [2.75, 3.05) is 13.1 Å². The summed E-state index contributed by atoms with van der Waals surface area (Å²) in [5.41, 5.74) is 5.45. The third kappa shape index (κ3) is 9.65. The fourth-order valence-corrected chi connectivity index (χ4v) is 2.37. The molecular weight excluding hydrogens is 302 g/mol. The summed E-state index contributed by atoms with van der Waals surface area (Å²) >= 11 is 0. The molecule has 0 bridgehead atoms. The quantitative estimate of drug-likeness (QED) is 0.276. The van der Waals surface area contributed by atoms with Crippen molar-refractivity contribution < 1.29 is 9.21 Å². The Balaban J connectivity index is 2.26. The summed E-state index contributed by atoms with van der Waals surface area (Å²) in [5.74, 6) is 1.74. The van der Waals surface area contributed by atoms with Gasteiger partial charge in [0.2, 0.25) is 0 Å². The number of hydrogen-bond donors (Lipinski definition) is 3. The van der Waals surface area contributed by atoms with Crippen molar-refractivity contribution in [3.8, 4) is 0 Å². The number of carbonyl (C=O) groups is 1. The third-order valence-corrected chi connectivity index (χ3v) is 3.82. The van der Waals surface area contributed by atoms with Crippen molar-refractivity contribution in [2.45, 2.75) is 65.1 Å². The first-order valence-electron chi connectivity index (χ1n) is 9.12. The van der Waals surface area contributed by atoms with Crippen LogP contribution in [-0.2, 0) is 11.3 Å². The van der Waals surface area contributed by atoms with E-state index >= 15 is 0 Å². The Labute approximate surface area is 146 Å². The molecule has 1 heterocycles. The van der Waals surface area contributed by atoms with Gasteiger partial charge in [-0.05, 0) is 37.6 Å². The fourth-order valence-electron chi connectivity index (χ4n) is 2.37. The Bertz CT molecular complexity index is 483. The van der Waals surface area contributed by atoms with Gasteiger partial charge in [0.25, 0.3) is 0 Å². The lowest BCUT2D eigenvalue weighted by molar-refractivity contribution is -0.114. The number of ketones is 1. The lowest BCUT2D eigenvalue weighted by atomic mass is 10.1. The molecule has 1 rings (SSSR count). The summed E-state index contributed by atoms with van der Waals surface area (Å²) in [6.07, 6.45) is 10.0. The summed E-state index contributed by atoms with van der Waals surface area (Å²) in [5, 5.41) is 6.55. The second-order valence-corrected chi connectivity index (χ2v) is 6.11. The molecule has 0 aliphatic carbocycles. The van der Waals surface area contributed by atoms with Crippen LogP contribution in [0.25, 0.3) is 6.08 Å². The van der Waals surface area contributed by atoms with E-state index in [0.29, 0.717) is 25.3 Å². The molecule has 0 aliphatic rings. The first kappa shape index (κ1) is 20.6. The smallest absolute Gasteiger partial charge is 0.155 e. The first-order valence-corrected chi connectivity index (χ1v) is 9.12. The highest BCUT2D eigenvalue weighted by Crippen LogP contribution is 2.11. The largest absolute Gasteiger partial charge is 0.460 e. The van der Waals surface area contributed by atoms with Gasteiger partial charge in [-0.3, -0.25) is 10.1 Å². The van der Waals surface area contributed by atoms with E-state index in [1.54, 1.807) is 12.2 Å². The molecule has 1 atom stereocenters. The van der Waals surface area contributed by atoms with Gasteiger partial charge in [0.15, 0.2) is 5.78 Å². The van der Waals surface area contributed by atoms with E-state index in [0.717, 1.165) is 25.1 Å². The van der Waals surface area contributed by atoms with Gasteiger partial charge >= 0.3 is 0 Å². The molecule has 4 N–H and O–H groups in total. The molecule has 136 valence electrons. The van der Waals surface area contributed by atoms with Crippen molar-refractivity contribution >= 4 is 11.9 Å². The Hall–Kier alpha value is -1.43. The number of nitrogens with two attached hydrogens (primary N) is 1. The van der Waals surface area contributed by atoms with Gasteiger partial charge in [-0.15, -0.1) is 0 Å². The molecule has 0 amide bonds. The molecule has 0 aromatic carbocycles. The molecule has 24 heavy (non-hydrogen) atoms. The van der Waals surface area contributed by atoms with Crippen molar-refractivity contribution in [2.24, 2.45) is 5.73 Å². The van der Waals surface area contributed by atoms with E-state index in [1.165, 1.54) is 19.3 Å². The zero-order valence-corrected chi connectivity index (χ0v) is 15.1. The zero-order valence-electron chi connectivity index (χ0n) is 15.1. The number of carbonyl (C=O) groups excluding carboxylic acids is 1. The topological polar surface area (TPSA) is 80.3 Å².